The Morgan fingerprint density at radius 2 is 1.64 bits per heavy atom. The Labute approximate surface area is 360 Å². The van der Waals surface area contributed by atoms with Gasteiger partial charge in [0.25, 0.3) is 11.8 Å². The molecule has 0 bridgehead atoms. The number of hydrogen-bond acceptors (Lipinski definition) is 11. The number of nitrogens with zero attached hydrogens (tertiary/aromatic N) is 1. The summed E-state index contributed by atoms with van der Waals surface area (Å²) in [6.07, 6.45) is 4.04. The Hall–Kier alpha value is -5.32. The first-order valence-corrected chi connectivity index (χ1v) is 24.8. The lowest BCUT2D eigenvalue weighted by Crippen LogP contribution is -2.40. The number of aliphatic hydroxyl groups is 1. The van der Waals surface area contributed by atoms with E-state index in [9.17, 15) is 28.2 Å². The molecule has 0 radical (unpaired) electrons. The van der Waals surface area contributed by atoms with E-state index in [1.165, 1.54) is 43.6 Å². The molecule has 2 amide bonds. The number of rotatable bonds is 20. The minimum Gasteiger partial charge on any atom is -0.508 e. The molecule has 1 atom stereocenters. The molecule has 13 nitrogen and oxygen atoms in total. The number of carbonyl (C=O) groups is 2. The number of nitrogens with one attached hydrogen (secondary N) is 3. The summed E-state index contributed by atoms with van der Waals surface area (Å²) in [5, 5.41) is 31.0. The normalized spacial score (nSPS) is 12.6. The van der Waals surface area contributed by atoms with Crippen LogP contribution in [0.5, 0.6) is 11.5 Å². The number of sulfone groups is 1. The number of unbranched alkanes of at least 4 members (excludes halogenated alkanes) is 3. The summed E-state index contributed by atoms with van der Waals surface area (Å²) in [4.78, 5) is 30.0. The van der Waals surface area contributed by atoms with Gasteiger partial charge >= 0.3 is 0 Å². The lowest BCUT2D eigenvalue weighted by atomic mass is 10.1. The maximum Gasteiger partial charge on any atom is 0.252 e. The Balaban J connectivity index is 1.12. The van der Waals surface area contributed by atoms with Gasteiger partial charge in [0.15, 0.2) is 8.32 Å². The molecule has 1 heterocycles. The minimum atomic E-state index is -4.13. The van der Waals surface area contributed by atoms with Gasteiger partial charge in [-0.25, -0.2) is 8.42 Å². The molecule has 61 heavy (non-hydrogen) atoms. The van der Waals surface area contributed by atoms with Crippen molar-refractivity contribution in [3.8, 4) is 11.5 Å². The lowest BCUT2D eigenvalue weighted by molar-refractivity contribution is 0.0951. The maximum atomic E-state index is 14.1. The van der Waals surface area contributed by atoms with Gasteiger partial charge in [0.1, 0.15) is 11.5 Å². The van der Waals surface area contributed by atoms with Crippen molar-refractivity contribution in [2.24, 2.45) is 5.73 Å². The zero-order valence-electron chi connectivity index (χ0n) is 36.1. The number of pyridine rings is 1. The zero-order chi connectivity index (χ0) is 44.5. The number of carbonyl (C=O) groups excluding carboxylic acids is 2. The molecule has 5 rings (SSSR count). The highest BCUT2D eigenvalue weighted by atomic mass is 32.2. The SMILES string of the molecule is COc1cccc(Nc2c(C(N)=O)cnc3c(C)cc(S(=O)(=O)c4cccc(C(=O)NCCCCCCNCC(O)c5ccc(O)c(CO[Si](C)(C)C(C)(C)C)c5)c4)cc23)c1. The number of phenolic OH excluding ortho intramolecular Hbond substituents is 1. The summed E-state index contributed by atoms with van der Waals surface area (Å²) in [6, 6.07) is 21.1. The quantitative estimate of drug-likeness (QED) is 0.0326. The molecule has 1 unspecified atom stereocenters. The summed E-state index contributed by atoms with van der Waals surface area (Å²) in [5.74, 6) is -0.386. The zero-order valence-corrected chi connectivity index (χ0v) is 37.9. The van der Waals surface area contributed by atoms with E-state index < -0.39 is 30.2 Å². The predicted molar refractivity (Wildman–Crippen MR) is 242 cm³/mol. The Morgan fingerprint density at radius 1 is 0.918 bits per heavy atom. The van der Waals surface area contributed by atoms with E-state index in [1.54, 1.807) is 49.4 Å². The molecule has 4 aromatic carbocycles. The number of hydrogen-bond donors (Lipinski definition) is 6. The van der Waals surface area contributed by atoms with E-state index in [4.69, 9.17) is 14.9 Å². The molecule has 15 heteroatoms. The molecule has 0 aliphatic rings. The summed E-state index contributed by atoms with van der Waals surface area (Å²) in [6.45, 7) is 14.4. The van der Waals surface area contributed by atoms with E-state index in [2.05, 4.69) is 54.8 Å². The van der Waals surface area contributed by atoms with E-state index in [0.717, 1.165) is 25.7 Å². The van der Waals surface area contributed by atoms with Gasteiger partial charge in [-0.1, -0.05) is 51.8 Å². The van der Waals surface area contributed by atoms with E-state index in [1.807, 2.05) is 6.07 Å². The highest BCUT2D eigenvalue weighted by Crippen LogP contribution is 2.38. The number of fused-ring (bicyclic) bond motifs is 1. The van der Waals surface area contributed by atoms with Crippen molar-refractivity contribution < 1.29 is 37.4 Å². The lowest BCUT2D eigenvalue weighted by Gasteiger charge is -2.36. The second-order valence-electron chi connectivity index (χ2n) is 16.8. The van der Waals surface area contributed by atoms with Crippen molar-refractivity contribution in [1.82, 2.24) is 15.6 Å². The van der Waals surface area contributed by atoms with E-state index in [0.29, 0.717) is 71.0 Å². The predicted octanol–water partition coefficient (Wildman–Crippen LogP) is 8.07. The fourth-order valence-corrected chi connectivity index (χ4v) is 8.87. The van der Waals surface area contributed by atoms with Crippen LogP contribution in [0.4, 0.5) is 11.4 Å². The number of aryl methyl sites for hydroxylation is 1. The summed E-state index contributed by atoms with van der Waals surface area (Å²) >= 11 is 0. The van der Waals surface area contributed by atoms with Gasteiger partial charge in [0, 0.05) is 47.6 Å². The smallest absolute Gasteiger partial charge is 0.252 e. The molecule has 0 saturated heterocycles. The topological polar surface area (TPSA) is 202 Å². The Kier molecular flexibility index (Phi) is 15.3. The van der Waals surface area contributed by atoms with Crippen LogP contribution < -0.4 is 26.4 Å². The number of aromatic hydroxyl groups is 1. The molecule has 1 aromatic heterocycles. The van der Waals surface area contributed by atoms with E-state index >= 15 is 0 Å². The summed E-state index contributed by atoms with van der Waals surface area (Å²) in [5.41, 5.74) is 9.34. The monoisotopic (exact) mass is 869 g/mol. The van der Waals surface area contributed by atoms with Gasteiger partial charge in [0.2, 0.25) is 9.84 Å². The van der Waals surface area contributed by atoms with Crippen LogP contribution in [0.25, 0.3) is 10.9 Å². The van der Waals surface area contributed by atoms with Gasteiger partial charge in [-0.3, -0.25) is 14.6 Å². The van der Waals surface area contributed by atoms with Crippen molar-refractivity contribution in [3.63, 3.8) is 0 Å². The number of methoxy groups -OCH3 is 1. The van der Waals surface area contributed by atoms with Gasteiger partial charge < -0.3 is 41.1 Å². The fourth-order valence-electron chi connectivity index (χ4n) is 6.50. The highest BCUT2D eigenvalue weighted by molar-refractivity contribution is 7.91. The molecular formula is C46H59N5O8SSi. The van der Waals surface area contributed by atoms with Crippen LogP contribution in [0.2, 0.25) is 18.1 Å². The van der Waals surface area contributed by atoms with Crippen LogP contribution >= 0.6 is 0 Å². The molecule has 0 spiro atoms. The third-order valence-electron chi connectivity index (χ3n) is 11.2. The molecule has 0 saturated carbocycles. The number of amides is 2. The first-order chi connectivity index (χ1) is 28.8. The summed E-state index contributed by atoms with van der Waals surface area (Å²) in [7, 11) is -4.59. The standard InChI is InChI=1S/C46H59N5O8SSi/c1-30-22-37(26-38-42(30)50-27-39(44(47)54)43(38)51-34-15-13-16-35(25-34)58-5)60(56,57)36-17-12-14-32(24-36)45(55)49-21-11-9-8-10-20-48-28-41(53)31-18-19-40(52)33(23-31)29-59-61(6,7)46(2,3)4/h12-19,22-27,41,48,52-53H,8-11,20-21,28-29H2,1-7H3,(H2,47,54)(H,49,55)(H,50,51). The van der Waals surface area contributed by atoms with Gasteiger partial charge in [-0.05, 0) is 110 Å². The number of anilines is 2. The molecular weight excluding hydrogens is 811 g/mol. The van der Waals surface area contributed by atoms with Crippen molar-refractivity contribution in [3.05, 3.63) is 113 Å². The molecule has 0 fully saturated rings. The number of ether oxygens (including phenoxy) is 1. The summed E-state index contributed by atoms with van der Waals surface area (Å²) < 4.78 is 39.8. The third-order valence-corrected chi connectivity index (χ3v) is 17.5. The van der Waals surface area contributed by atoms with Crippen molar-refractivity contribution in [1.29, 1.82) is 0 Å². The van der Waals surface area contributed by atoms with Gasteiger partial charge in [0.05, 0.1) is 46.4 Å². The number of aromatic nitrogens is 1. The fraction of sp³-hybridized carbons (Fsp3) is 0.370. The van der Waals surface area contributed by atoms with Crippen molar-refractivity contribution in [2.45, 2.75) is 94.0 Å². The Morgan fingerprint density at radius 3 is 2.34 bits per heavy atom. The molecule has 0 aliphatic carbocycles. The first kappa shape index (κ1) is 46.7. The van der Waals surface area contributed by atoms with Crippen LogP contribution in [-0.4, -0.2) is 70.5 Å². The van der Waals surface area contributed by atoms with Crippen LogP contribution in [0, 0.1) is 6.92 Å². The molecule has 5 aromatic rings. The van der Waals surface area contributed by atoms with Crippen LogP contribution in [0.3, 0.4) is 0 Å². The highest BCUT2D eigenvalue weighted by Gasteiger charge is 2.37. The van der Waals surface area contributed by atoms with E-state index in [-0.39, 0.29) is 37.6 Å². The largest absolute Gasteiger partial charge is 0.508 e. The van der Waals surface area contributed by atoms with Crippen molar-refractivity contribution in [2.75, 3.05) is 32.1 Å². The van der Waals surface area contributed by atoms with Crippen LogP contribution in [0.1, 0.15) is 90.0 Å². The Bertz CT molecular complexity index is 2470. The number of benzene rings is 4. The maximum absolute atomic E-state index is 14.1. The van der Waals surface area contributed by atoms with Crippen LogP contribution in [0.15, 0.2) is 94.9 Å². The second kappa shape index (κ2) is 20.0. The van der Waals surface area contributed by atoms with Crippen molar-refractivity contribution >= 4 is 52.2 Å². The molecule has 326 valence electrons. The van der Waals surface area contributed by atoms with Crippen LogP contribution in [-0.2, 0) is 20.9 Å². The van der Waals surface area contributed by atoms with Gasteiger partial charge in [-0.2, -0.15) is 0 Å². The first-order valence-electron chi connectivity index (χ1n) is 20.4. The number of primary amides is 1. The third kappa shape index (κ3) is 11.7. The number of aliphatic hydroxyl groups excluding tert-OH is 1. The number of phenols is 1. The average molecular weight is 870 g/mol. The molecule has 0 aliphatic heterocycles. The average Bonchev–Trinajstić information content (AvgIpc) is 3.22. The minimum absolute atomic E-state index is 0.0340. The number of nitrogens with two attached hydrogens (primary N) is 1. The van der Waals surface area contributed by atoms with Gasteiger partial charge in [-0.15, -0.1) is 0 Å². The second-order valence-corrected chi connectivity index (χ2v) is 23.5. The molecule has 7 N–H and O–H groups in total.